The van der Waals surface area contributed by atoms with Crippen LogP contribution in [0.3, 0.4) is 0 Å². The molecule has 0 radical (unpaired) electrons. The predicted octanol–water partition coefficient (Wildman–Crippen LogP) is 1.19. The molecule has 2 atom stereocenters. The molecule has 0 amide bonds. The van der Waals surface area contributed by atoms with Gasteiger partial charge in [-0.15, -0.1) is 0 Å². The maximum absolute atomic E-state index is 11.8. The van der Waals surface area contributed by atoms with Crippen molar-refractivity contribution in [1.82, 2.24) is 15.1 Å². The number of rotatable bonds is 4. The van der Waals surface area contributed by atoms with Crippen molar-refractivity contribution in [2.75, 3.05) is 39.3 Å². The van der Waals surface area contributed by atoms with Crippen molar-refractivity contribution >= 4 is 11.9 Å². The lowest BCUT2D eigenvalue weighted by Crippen LogP contribution is -2.55. The molecule has 1 aliphatic rings. The van der Waals surface area contributed by atoms with Gasteiger partial charge in [0.1, 0.15) is 12.1 Å². The van der Waals surface area contributed by atoms with Gasteiger partial charge in [0, 0.05) is 39.3 Å². The van der Waals surface area contributed by atoms with Gasteiger partial charge in [0.05, 0.1) is 0 Å². The molecule has 25 heavy (non-hydrogen) atoms. The first kappa shape index (κ1) is 21.9. The van der Waals surface area contributed by atoms with Crippen LogP contribution in [-0.4, -0.2) is 83.3 Å². The van der Waals surface area contributed by atoms with E-state index in [1.54, 1.807) is 0 Å². The van der Waals surface area contributed by atoms with E-state index in [-0.39, 0.29) is 0 Å². The second-order valence-electron chi connectivity index (χ2n) is 9.04. The molecular weight excluding hydrogens is 322 g/mol. The van der Waals surface area contributed by atoms with Gasteiger partial charge in [0.15, 0.2) is 0 Å². The van der Waals surface area contributed by atoms with Crippen molar-refractivity contribution in [2.24, 2.45) is 10.8 Å². The van der Waals surface area contributed by atoms with E-state index in [9.17, 15) is 19.8 Å². The molecule has 1 saturated heterocycles. The van der Waals surface area contributed by atoms with Crippen molar-refractivity contribution in [1.29, 1.82) is 0 Å². The van der Waals surface area contributed by atoms with Gasteiger partial charge < -0.3 is 15.5 Å². The minimum atomic E-state index is -0.830. The van der Waals surface area contributed by atoms with Crippen LogP contribution in [0.1, 0.15) is 41.5 Å². The number of nitrogens with one attached hydrogen (secondary N) is 1. The van der Waals surface area contributed by atoms with Crippen LogP contribution in [0.2, 0.25) is 0 Å². The van der Waals surface area contributed by atoms with E-state index in [2.05, 4.69) is 5.32 Å². The predicted molar refractivity (Wildman–Crippen MR) is 97.8 cm³/mol. The topological polar surface area (TPSA) is 93.1 Å². The van der Waals surface area contributed by atoms with E-state index in [0.29, 0.717) is 39.3 Å². The summed E-state index contributed by atoms with van der Waals surface area (Å²) in [5.41, 5.74) is -0.804. The third-order valence-electron chi connectivity index (χ3n) is 4.66. The van der Waals surface area contributed by atoms with Gasteiger partial charge in [-0.1, -0.05) is 41.5 Å². The third kappa shape index (κ3) is 6.24. The summed E-state index contributed by atoms with van der Waals surface area (Å²) in [6.07, 6.45) is 0. The zero-order valence-electron chi connectivity index (χ0n) is 16.5. The number of carboxylic acids is 2. The molecule has 1 fully saturated rings. The summed E-state index contributed by atoms with van der Waals surface area (Å²) in [6, 6.07) is -1.21. The summed E-state index contributed by atoms with van der Waals surface area (Å²) >= 11 is 0. The maximum atomic E-state index is 11.8. The lowest BCUT2D eigenvalue weighted by atomic mass is 9.85. The van der Waals surface area contributed by atoms with Gasteiger partial charge in [-0.2, -0.15) is 0 Å². The fourth-order valence-corrected chi connectivity index (χ4v) is 3.72. The molecule has 146 valence electrons. The fraction of sp³-hybridized carbons (Fsp3) is 0.889. The first-order chi connectivity index (χ1) is 11.4. The minimum Gasteiger partial charge on any atom is -0.480 e. The quantitative estimate of drug-likeness (QED) is 0.696. The third-order valence-corrected chi connectivity index (χ3v) is 4.66. The van der Waals surface area contributed by atoms with E-state index < -0.39 is 34.9 Å². The van der Waals surface area contributed by atoms with Gasteiger partial charge in [-0.25, -0.2) is 0 Å². The van der Waals surface area contributed by atoms with Gasteiger partial charge in [0.2, 0.25) is 0 Å². The fourth-order valence-electron chi connectivity index (χ4n) is 3.72. The molecule has 7 nitrogen and oxygen atoms in total. The monoisotopic (exact) mass is 357 g/mol. The number of hydrogen-bond acceptors (Lipinski definition) is 5. The SMILES string of the molecule is CC(C)(C)C(C(=O)O)N1CCNCCN(C(C(=O)O)C(C)(C)C)CC1. The number of carbonyl (C=O) groups is 2. The van der Waals surface area contributed by atoms with E-state index in [1.165, 1.54) is 0 Å². The Morgan fingerprint density at radius 1 is 0.760 bits per heavy atom. The average Bonchev–Trinajstić information content (AvgIpc) is 2.48. The Morgan fingerprint density at radius 3 is 1.32 bits per heavy atom. The van der Waals surface area contributed by atoms with Crippen LogP contribution in [0.5, 0.6) is 0 Å². The van der Waals surface area contributed by atoms with Gasteiger partial charge >= 0.3 is 11.9 Å². The molecule has 0 aromatic rings. The Morgan fingerprint density at radius 2 is 1.08 bits per heavy atom. The Labute approximate surface area is 151 Å². The highest BCUT2D eigenvalue weighted by atomic mass is 16.4. The molecule has 0 bridgehead atoms. The smallest absolute Gasteiger partial charge is 0.321 e. The lowest BCUT2D eigenvalue weighted by Gasteiger charge is -2.40. The Balaban J connectivity index is 3.03. The molecule has 3 N–H and O–H groups in total. The van der Waals surface area contributed by atoms with E-state index in [0.717, 1.165) is 0 Å². The van der Waals surface area contributed by atoms with Crippen LogP contribution >= 0.6 is 0 Å². The molecule has 0 aromatic heterocycles. The van der Waals surface area contributed by atoms with Crippen LogP contribution in [0.15, 0.2) is 0 Å². The summed E-state index contributed by atoms with van der Waals surface area (Å²) in [7, 11) is 0. The maximum Gasteiger partial charge on any atom is 0.321 e. The molecule has 1 rings (SSSR count). The minimum absolute atomic E-state index is 0.402. The summed E-state index contributed by atoms with van der Waals surface area (Å²) < 4.78 is 0. The summed E-state index contributed by atoms with van der Waals surface area (Å²) in [5.74, 6) is -1.66. The van der Waals surface area contributed by atoms with Crippen molar-refractivity contribution in [3.05, 3.63) is 0 Å². The standard InChI is InChI=1S/C18H35N3O4/c1-17(2,3)13(15(22)23)20-9-7-19-8-10-21(12-11-20)14(16(24)25)18(4,5)6/h13-14,19H,7-12H2,1-6H3,(H,22,23)(H,24,25). The summed E-state index contributed by atoms with van der Waals surface area (Å²) in [4.78, 5) is 27.6. The number of carboxylic acid groups (broad SMARTS) is 2. The van der Waals surface area contributed by atoms with Crippen LogP contribution in [0.25, 0.3) is 0 Å². The van der Waals surface area contributed by atoms with E-state index in [1.807, 2.05) is 51.3 Å². The molecule has 0 saturated carbocycles. The molecule has 1 heterocycles. The van der Waals surface area contributed by atoms with Gasteiger partial charge in [-0.3, -0.25) is 19.4 Å². The Bertz CT molecular complexity index is 426. The van der Waals surface area contributed by atoms with Crippen molar-refractivity contribution in [3.8, 4) is 0 Å². The zero-order chi connectivity index (χ0) is 19.4. The lowest BCUT2D eigenvalue weighted by molar-refractivity contribution is -0.150. The first-order valence-electron chi connectivity index (χ1n) is 9.00. The number of hydrogen-bond donors (Lipinski definition) is 3. The molecule has 0 aliphatic carbocycles. The zero-order valence-corrected chi connectivity index (χ0v) is 16.5. The first-order valence-corrected chi connectivity index (χ1v) is 9.00. The highest BCUT2D eigenvalue weighted by Gasteiger charge is 2.39. The van der Waals surface area contributed by atoms with Crippen LogP contribution in [-0.2, 0) is 9.59 Å². The van der Waals surface area contributed by atoms with E-state index in [4.69, 9.17) is 0 Å². The van der Waals surface area contributed by atoms with Crippen molar-refractivity contribution in [3.63, 3.8) is 0 Å². The Kier molecular flexibility index (Phi) is 7.40. The average molecular weight is 357 g/mol. The summed E-state index contributed by atoms with van der Waals surface area (Å²) in [5, 5.41) is 22.7. The largest absolute Gasteiger partial charge is 0.480 e. The molecule has 7 heteroatoms. The van der Waals surface area contributed by atoms with E-state index >= 15 is 0 Å². The number of aliphatic carboxylic acids is 2. The second-order valence-corrected chi connectivity index (χ2v) is 9.04. The molecule has 0 spiro atoms. The molecular formula is C18H35N3O4. The van der Waals surface area contributed by atoms with Crippen LogP contribution < -0.4 is 5.32 Å². The molecule has 1 aliphatic heterocycles. The van der Waals surface area contributed by atoms with Crippen molar-refractivity contribution < 1.29 is 19.8 Å². The highest BCUT2D eigenvalue weighted by Crippen LogP contribution is 2.27. The van der Waals surface area contributed by atoms with Crippen LogP contribution in [0.4, 0.5) is 0 Å². The van der Waals surface area contributed by atoms with Crippen LogP contribution in [0, 0.1) is 10.8 Å². The molecule has 2 unspecified atom stereocenters. The normalized spacial score (nSPS) is 21.7. The van der Waals surface area contributed by atoms with Gasteiger partial charge in [-0.05, 0) is 10.8 Å². The van der Waals surface area contributed by atoms with Gasteiger partial charge in [0.25, 0.3) is 0 Å². The Hall–Kier alpha value is -1.18. The number of nitrogens with zero attached hydrogens (tertiary/aromatic N) is 2. The van der Waals surface area contributed by atoms with Crippen molar-refractivity contribution in [2.45, 2.75) is 53.6 Å². The molecule has 0 aromatic carbocycles. The summed E-state index contributed by atoms with van der Waals surface area (Å²) in [6.45, 7) is 15.3. The highest BCUT2D eigenvalue weighted by molar-refractivity contribution is 5.75. The second kappa shape index (κ2) is 8.47.